The zero-order valence-corrected chi connectivity index (χ0v) is 9.07. The highest BCUT2D eigenvalue weighted by Gasteiger charge is 1.98. The molecule has 4 heteroatoms. The molecule has 2 nitrogen and oxygen atoms in total. The molecule has 2 aromatic heterocycles. The SMILES string of the molecule is Clc1csc(CNCc2ccco2)c1. The number of hydrogen-bond donors (Lipinski definition) is 1. The van der Waals surface area contributed by atoms with Crippen LogP contribution in [0.5, 0.6) is 0 Å². The standard InChI is InChI=1S/C10H10ClNOS/c11-8-4-10(14-7-8)6-12-5-9-2-1-3-13-9/h1-4,7,12H,5-6H2. The Morgan fingerprint density at radius 2 is 2.36 bits per heavy atom. The van der Waals surface area contributed by atoms with Crippen molar-refractivity contribution in [2.75, 3.05) is 0 Å². The van der Waals surface area contributed by atoms with Crippen molar-refractivity contribution in [1.82, 2.24) is 5.32 Å². The van der Waals surface area contributed by atoms with Crippen molar-refractivity contribution in [3.05, 3.63) is 45.5 Å². The molecular weight excluding hydrogens is 218 g/mol. The van der Waals surface area contributed by atoms with Gasteiger partial charge < -0.3 is 9.73 Å². The van der Waals surface area contributed by atoms with E-state index in [0.717, 1.165) is 23.9 Å². The van der Waals surface area contributed by atoms with E-state index < -0.39 is 0 Å². The summed E-state index contributed by atoms with van der Waals surface area (Å²) in [6.45, 7) is 1.58. The van der Waals surface area contributed by atoms with Gasteiger partial charge in [-0.2, -0.15) is 0 Å². The van der Waals surface area contributed by atoms with Gasteiger partial charge in [-0.25, -0.2) is 0 Å². The van der Waals surface area contributed by atoms with Crippen molar-refractivity contribution >= 4 is 22.9 Å². The molecule has 0 radical (unpaired) electrons. The molecule has 0 saturated carbocycles. The zero-order chi connectivity index (χ0) is 9.80. The fourth-order valence-electron chi connectivity index (χ4n) is 1.17. The number of furan rings is 1. The van der Waals surface area contributed by atoms with E-state index in [0.29, 0.717) is 0 Å². The van der Waals surface area contributed by atoms with Crippen LogP contribution in [0.4, 0.5) is 0 Å². The quantitative estimate of drug-likeness (QED) is 0.867. The Kier molecular flexibility index (Phi) is 3.24. The Balaban J connectivity index is 1.78. The minimum absolute atomic E-state index is 0.752. The van der Waals surface area contributed by atoms with Crippen LogP contribution in [0.3, 0.4) is 0 Å². The van der Waals surface area contributed by atoms with E-state index in [9.17, 15) is 0 Å². The summed E-state index contributed by atoms with van der Waals surface area (Å²) >= 11 is 7.46. The van der Waals surface area contributed by atoms with Gasteiger partial charge in [-0.3, -0.25) is 0 Å². The Morgan fingerprint density at radius 1 is 1.43 bits per heavy atom. The van der Waals surface area contributed by atoms with Crippen molar-refractivity contribution in [1.29, 1.82) is 0 Å². The second kappa shape index (κ2) is 4.64. The van der Waals surface area contributed by atoms with Crippen LogP contribution in [-0.2, 0) is 13.1 Å². The van der Waals surface area contributed by atoms with Crippen LogP contribution >= 0.6 is 22.9 Å². The fraction of sp³-hybridized carbons (Fsp3) is 0.200. The maximum atomic E-state index is 5.80. The monoisotopic (exact) mass is 227 g/mol. The molecule has 0 amide bonds. The van der Waals surface area contributed by atoms with Crippen LogP contribution in [0, 0.1) is 0 Å². The van der Waals surface area contributed by atoms with E-state index in [1.54, 1.807) is 17.6 Å². The zero-order valence-electron chi connectivity index (χ0n) is 7.50. The Bertz CT molecular complexity index is 382. The molecule has 0 saturated heterocycles. The smallest absolute Gasteiger partial charge is 0.117 e. The van der Waals surface area contributed by atoms with Gasteiger partial charge in [0.25, 0.3) is 0 Å². The van der Waals surface area contributed by atoms with Gasteiger partial charge in [0.1, 0.15) is 5.76 Å². The summed E-state index contributed by atoms with van der Waals surface area (Å²) in [7, 11) is 0. The number of thiophene rings is 1. The van der Waals surface area contributed by atoms with E-state index in [1.165, 1.54) is 4.88 Å². The molecule has 0 aliphatic heterocycles. The second-order valence-corrected chi connectivity index (χ2v) is 4.35. The molecule has 0 bridgehead atoms. The fourth-order valence-corrected chi connectivity index (χ4v) is 2.21. The predicted molar refractivity (Wildman–Crippen MR) is 58.6 cm³/mol. The van der Waals surface area contributed by atoms with Crippen molar-refractivity contribution < 1.29 is 4.42 Å². The molecule has 0 aliphatic rings. The van der Waals surface area contributed by atoms with Gasteiger partial charge in [0, 0.05) is 16.8 Å². The Hall–Kier alpha value is -0.770. The minimum Gasteiger partial charge on any atom is -0.468 e. The second-order valence-electron chi connectivity index (χ2n) is 2.91. The maximum Gasteiger partial charge on any atom is 0.117 e. The predicted octanol–water partition coefficient (Wildman–Crippen LogP) is 3.28. The molecule has 0 fully saturated rings. The van der Waals surface area contributed by atoms with Crippen LogP contribution in [0.15, 0.2) is 34.3 Å². The summed E-state index contributed by atoms with van der Waals surface area (Å²) < 4.78 is 5.19. The minimum atomic E-state index is 0.752. The molecule has 2 aromatic rings. The van der Waals surface area contributed by atoms with Crippen LogP contribution in [0.2, 0.25) is 5.02 Å². The lowest BCUT2D eigenvalue weighted by Crippen LogP contribution is -2.10. The first-order chi connectivity index (χ1) is 6.84. The number of nitrogens with one attached hydrogen (secondary N) is 1. The highest BCUT2D eigenvalue weighted by molar-refractivity contribution is 7.10. The lowest BCUT2D eigenvalue weighted by Gasteiger charge is -1.99. The normalized spacial score (nSPS) is 10.6. The van der Waals surface area contributed by atoms with Crippen LogP contribution < -0.4 is 5.32 Å². The number of halogens is 1. The summed E-state index contributed by atoms with van der Waals surface area (Å²) in [4.78, 5) is 1.24. The molecule has 0 spiro atoms. The van der Waals surface area contributed by atoms with E-state index in [4.69, 9.17) is 16.0 Å². The first-order valence-corrected chi connectivity index (χ1v) is 5.56. The number of rotatable bonds is 4. The van der Waals surface area contributed by atoms with Crippen LogP contribution in [0.25, 0.3) is 0 Å². The molecule has 2 rings (SSSR count). The largest absolute Gasteiger partial charge is 0.468 e. The first-order valence-electron chi connectivity index (χ1n) is 4.30. The van der Waals surface area contributed by atoms with Gasteiger partial charge in [0.15, 0.2) is 0 Å². The summed E-state index contributed by atoms with van der Waals surface area (Å²) in [6.07, 6.45) is 1.68. The van der Waals surface area contributed by atoms with E-state index in [-0.39, 0.29) is 0 Å². The summed E-state index contributed by atoms with van der Waals surface area (Å²) in [5.74, 6) is 0.952. The van der Waals surface area contributed by atoms with Gasteiger partial charge in [-0.15, -0.1) is 11.3 Å². The van der Waals surface area contributed by atoms with Gasteiger partial charge in [0.05, 0.1) is 17.8 Å². The van der Waals surface area contributed by atoms with E-state index in [2.05, 4.69) is 5.32 Å². The van der Waals surface area contributed by atoms with Crippen molar-refractivity contribution in [3.63, 3.8) is 0 Å². The summed E-state index contributed by atoms with van der Waals surface area (Å²) in [5.41, 5.74) is 0. The Morgan fingerprint density at radius 3 is 3.00 bits per heavy atom. The van der Waals surface area contributed by atoms with Gasteiger partial charge >= 0.3 is 0 Å². The molecule has 2 heterocycles. The van der Waals surface area contributed by atoms with Gasteiger partial charge in [-0.1, -0.05) is 11.6 Å². The molecule has 14 heavy (non-hydrogen) atoms. The van der Waals surface area contributed by atoms with Crippen molar-refractivity contribution in [3.8, 4) is 0 Å². The number of hydrogen-bond acceptors (Lipinski definition) is 3. The lowest BCUT2D eigenvalue weighted by atomic mass is 10.4. The maximum absolute atomic E-state index is 5.80. The molecule has 74 valence electrons. The third kappa shape index (κ3) is 2.61. The molecular formula is C10H10ClNOS. The van der Waals surface area contributed by atoms with Gasteiger partial charge in [0.2, 0.25) is 0 Å². The van der Waals surface area contributed by atoms with Crippen molar-refractivity contribution in [2.24, 2.45) is 0 Å². The highest BCUT2D eigenvalue weighted by atomic mass is 35.5. The molecule has 0 aliphatic carbocycles. The molecule has 0 atom stereocenters. The lowest BCUT2D eigenvalue weighted by molar-refractivity contribution is 0.483. The summed E-state index contributed by atoms with van der Waals surface area (Å²) in [5, 5.41) is 6.02. The van der Waals surface area contributed by atoms with Gasteiger partial charge in [-0.05, 0) is 18.2 Å². The molecule has 1 N–H and O–H groups in total. The Labute approximate surface area is 91.5 Å². The third-order valence-electron chi connectivity index (χ3n) is 1.80. The van der Waals surface area contributed by atoms with Crippen LogP contribution in [-0.4, -0.2) is 0 Å². The van der Waals surface area contributed by atoms with Crippen LogP contribution in [0.1, 0.15) is 10.6 Å². The molecule has 0 unspecified atom stereocenters. The average molecular weight is 228 g/mol. The molecule has 0 aromatic carbocycles. The average Bonchev–Trinajstić information content (AvgIpc) is 2.77. The third-order valence-corrected chi connectivity index (χ3v) is 3.08. The first kappa shape index (κ1) is 9.77. The summed E-state index contributed by atoms with van der Waals surface area (Å²) in [6, 6.07) is 5.81. The van der Waals surface area contributed by atoms with Crippen molar-refractivity contribution in [2.45, 2.75) is 13.1 Å². The topological polar surface area (TPSA) is 25.2 Å². The van der Waals surface area contributed by atoms with E-state index >= 15 is 0 Å². The highest BCUT2D eigenvalue weighted by Crippen LogP contribution is 2.18. The van der Waals surface area contributed by atoms with E-state index in [1.807, 2.05) is 23.6 Å².